The molecule has 3 heterocycles. The number of benzene rings is 1. The van der Waals surface area contributed by atoms with E-state index in [2.05, 4.69) is 5.32 Å². The van der Waals surface area contributed by atoms with Crippen LogP contribution in [0, 0.1) is 18.8 Å². The van der Waals surface area contributed by atoms with E-state index in [9.17, 15) is 24.3 Å². The number of ether oxygens (including phenoxy) is 5. The Morgan fingerprint density at radius 1 is 1.19 bits per heavy atom. The first-order chi connectivity index (χ1) is 26.7. The zero-order valence-corrected chi connectivity index (χ0v) is 38.9. The number of amides is 3. The smallest absolute Gasteiger partial charge is 0.409 e. The minimum Gasteiger partial charge on any atom is -0.457 e. The number of halogens is 1. The van der Waals surface area contributed by atoms with Crippen LogP contribution in [0.4, 0.5) is 10.5 Å². The molecule has 326 valence electrons. The van der Waals surface area contributed by atoms with Crippen molar-refractivity contribution in [1.82, 2.24) is 10.2 Å². The summed E-state index contributed by atoms with van der Waals surface area (Å²) in [5.41, 5.74) is 0.457. The van der Waals surface area contributed by atoms with E-state index in [0.29, 0.717) is 36.8 Å². The number of nitrogens with one attached hydrogen (secondary N) is 1. The summed E-state index contributed by atoms with van der Waals surface area (Å²) >= 11 is 6.81. The van der Waals surface area contributed by atoms with Crippen LogP contribution in [0.1, 0.15) is 71.4 Å². The molecule has 3 amide bonds. The fourth-order valence-corrected chi connectivity index (χ4v) is 10.4. The second-order valence-electron chi connectivity index (χ2n) is 15.9. The number of carbonyl (C=O) groups is 4. The number of anilines is 1. The summed E-state index contributed by atoms with van der Waals surface area (Å²) in [6, 6.07) is 2.84. The van der Waals surface area contributed by atoms with Gasteiger partial charge in [-0.25, -0.2) is 9.59 Å². The third-order valence-electron chi connectivity index (χ3n) is 11.5. The van der Waals surface area contributed by atoms with Crippen molar-refractivity contribution in [3.8, 4) is 0 Å². The average Bonchev–Trinajstić information content (AvgIpc) is 3.85. The fourth-order valence-electron chi connectivity index (χ4n) is 7.65. The van der Waals surface area contributed by atoms with Crippen molar-refractivity contribution < 1.29 is 48.0 Å². The zero-order valence-electron chi connectivity index (χ0n) is 35.5. The largest absolute Gasteiger partial charge is 0.457 e. The van der Waals surface area contributed by atoms with Crippen molar-refractivity contribution in [3.63, 3.8) is 0 Å². The van der Waals surface area contributed by atoms with E-state index in [1.54, 1.807) is 63.8 Å². The molecule has 0 aromatic heterocycles. The van der Waals surface area contributed by atoms with Gasteiger partial charge in [0.05, 0.1) is 41.2 Å². The molecule has 2 fully saturated rings. The number of allylic oxidation sites excluding steroid dienone is 3. The number of nitrogens with zero attached hydrogens (tertiary/aromatic N) is 2. The molecule has 8 atom stereocenters. The van der Waals surface area contributed by atoms with Gasteiger partial charge < -0.3 is 38.6 Å². The van der Waals surface area contributed by atoms with Crippen LogP contribution < -0.4 is 10.2 Å². The highest BCUT2D eigenvalue weighted by Gasteiger charge is 2.64. The Hall–Kier alpha value is -2.44. The van der Waals surface area contributed by atoms with Crippen LogP contribution in [-0.4, -0.2) is 122 Å². The number of alkyl carbamates (subject to hydrolysis) is 1. The summed E-state index contributed by atoms with van der Waals surface area (Å²) in [5, 5.41) is 14.7. The maximum atomic E-state index is 14.2. The van der Waals surface area contributed by atoms with Crippen LogP contribution in [0.15, 0.2) is 35.9 Å². The second-order valence-corrected chi connectivity index (χ2v) is 19.2. The Morgan fingerprint density at radius 3 is 2.47 bits per heavy atom. The van der Waals surface area contributed by atoms with Crippen LogP contribution in [0.25, 0.3) is 0 Å². The van der Waals surface area contributed by atoms with E-state index in [0.717, 1.165) is 16.7 Å². The van der Waals surface area contributed by atoms with Gasteiger partial charge in [0, 0.05) is 53.0 Å². The van der Waals surface area contributed by atoms with Crippen LogP contribution in [0.5, 0.6) is 0 Å². The number of carbonyl (C=O) groups excluding carboxylic acids is 4. The number of methoxy groups -OCH3 is 2. The van der Waals surface area contributed by atoms with E-state index in [-0.39, 0.29) is 44.6 Å². The molecule has 58 heavy (non-hydrogen) atoms. The summed E-state index contributed by atoms with van der Waals surface area (Å²) in [5.74, 6) is -2.32. The third-order valence-corrected chi connectivity index (χ3v) is 14.5. The predicted octanol–water partition coefficient (Wildman–Crippen LogP) is 6.37. The van der Waals surface area contributed by atoms with Crippen molar-refractivity contribution >= 4 is 76.2 Å². The molecular weight excluding hydrogens is 826 g/mol. The minimum atomic E-state index is -1.61. The van der Waals surface area contributed by atoms with Gasteiger partial charge in [-0.15, -0.1) is 0 Å². The maximum absolute atomic E-state index is 14.2. The maximum Gasteiger partial charge on any atom is 0.409 e. The topological polar surface area (TPSA) is 156 Å². The minimum absolute atomic E-state index is 0. The number of aryl methyl sites for hydroxylation is 1. The molecule has 0 spiro atoms. The summed E-state index contributed by atoms with van der Waals surface area (Å²) in [4.78, 5) is 57.4. The summed E-state index contributed by atoms with van der Waals surface area (Å²) < 4.78 is 28.7. The molecule has 1 aromatic carbocycles. The Balaban J connectivity index is 0.00000900. The van der Waals surface area contributed by atoms with Crippen molar-refractivity contribution in [2.45, 2.75) is 114 Å². The SMILES string of the molecule is COCC(CCC(=O)N(C)[C@@H](C)C(=O)OC1CC(=O)N(C)c2cc(cc(C)c2Cl)C/C(C)=C/C=C/[C@@H](C)[C@@]2(O)C[C@H](OC(=O)N2)[C@@H](C)[C@@H]2O[C@@]12C)(COC)SSC.S. The number of likely N-dealkylation sites (N-methyl/N-ethyl adjacent to an activating group) is 1. The van der Waals surface area contributed by atoms with Gasteiger partial charge in [0.15, 0.2) is 0 Å². The monoisotopic (exact) mass is 887 g/mol. The Bertz CT molecular complexity index is 1700. The number of hydrogen-bond acceptors (Lipinski definition) is 12. The fraction of sp³-hybridized carbons (Fsp3) is 0.659. The molecule has 0 aliphatic carbocycles. The highest BCUT2D eigenvalue weighted by atomic mass is 35.5. The van der Waals surface area contributed by atoms with E-state index < -0.39 is 64.3 Å². The third kappa shape index (κ3) is 11.7. The molecule has 4 bridgehead atoms. The number of epoxide rings is 1. The summed E-state index contributed by atoms with van der Waals surface area (Å²) in [7, 11) is 9.54. The van der Waals surface area contributed by atoms with Crippen LogP contribution in [0.2, 0.25) is 5.02 Å². The van der Waals surface area contributed by atoms with Gasteiger partial charge in [-0.1, -0.05) is 76.9 Å². The summed E-state index contributed by atoms with van der Waals surface area (Å²) in [6.07, 6.45) is 5.27. The average molecular weight is 889 g/mol. The molecule has 4 rings (SSSR count). The van der Waals surface area contributed by atoms with Gasteiger partial charge in [-0.3, -0.25) is 14.9 Å². The number of fused-ring (bicyclic) bond motifs is 5. The lowest BCUT2D eigenvalue weighted by molar-refractivity contribution is -0.162. The molecule has 2 saturated heterocycles. The zero-order chi connectivity index (χ0) is 42.5. The van der Waals surface area contributed by atoms with Crippen molar-refractivity contribution in [2.75, 3.05) is 52.7 Å². The molecule has 0 saturated carbocycles. The number of rotatable bonds is 12. The van der Waals surface area contributed by atoms with Crippen LogP contribution >= 0.6 is 46.7 Å². The lowest BCUT2D eigenvalue weighted by Crippen LogP contribution is -2.60. The standard InChI is InChI=1S/C41H60ClN3O10S2.H2S/c1-24-13-12-14-26(3)41(50)21-31(53-38(49)43-41)27(4)36-39(6,55-36)32(20-34(47)45(8)30-19-29(17-24)18-25(2)35(30)42)54-37(48)28(5)44(7)33(46)15-16-40(22-51-9,23-52-10)57-56-11;/h12-14,18-19,26-28,31-32,36,50H,15-17,20-23H2,1-11H3,(H,43,49);1H2/b14-12+,24-13+;/t26-,27-,28+,31+,32?,36+,39+,41+;/m1./s1. The van der Waals surface area contributed by atoms with Gasteiger partial charge in [-0.05, 0) is 64.0 Å². The first-order valence-electron chi connectivity index (χ1n) is 19.2. The molecule has 0 radical (unpaired) electrons. The second kappa shape index (κ2) is 20.9. The van der Waals surface area contributed by atoms with E-state index in [1.165, 1.54) is 9.80 Å². The first-order valence-corrected chi connectivity index (χ1v) is 22.1. The van der Waals surface area contributed by atoms with E-state index in [4.69, 9.17) is 35.3 Å². The predicted molar refractivity (Wildman–Crippen MR) is 235 cm³/mol. The molecule has 13 nitrogen and oxygen atoms in total. The lowest BCUT2D eigenvalue weighted by atomic mass is 9.82. The Labute approximate surface area is 363 Å². The van der Waals surface area contributed by atoms with E-state index >= 15 is 0 Å². The highest BCUT2D eigenvalue weighted by Crippen LogP contribution is 2.49. The van der Waals surface area contributed by atoms with Gasteiger partial charge in [0.1, 0.15) is 29.6 Å². The van der Waals surface area contributed by atoms with Gasteiger partial charge in [0.2, 0.25) is 11.8 Å². The molecule has 3 aliphatic rings. The number of hydrogen-bond donors (Lipinski definition) is 2. The van der Waals surface area contributed by atoms with Gasteiger partial charge in [-0.2, -0.15) is 13.5 Å². The highest BCUT2D eigenvalue weighted by molar-refractivity contribution is 8.77. The van der Waals surface area contributed by atoms with Gasteiger partial charge in [0.25, 0.3) is 0 Å². The number of esters is 1. The molecule has 1 aromatic rings. The van der Waals surface area contributed by atoms with Crippen LogP contribution in [0.3, 0.4) is 0 Å². The summed E-state index contributed by atoms with van der Waals surface area (Å²) in [6.45, 7) is 11.6. The van der Waals surface area contributed by atoms with Crippen molar-refractivity contribution in [2.24, 2.45) is 11.8 Å². The molecule has 1 unspecified atom stereocenters. The van der Waals surface area contributed by atoms with Crippen molar-refractivity contribution in [1.29, 1.82) is 0 Å². The van der Waals surface area contributed by atoms with Gasteiger partial charge >= 0.3 is 12.1 Å². The Morgan fingerprint density at radius 2 is 1.84 bits per heavy atom. The lowest BCUT2D eigenvalue weighted by Gasteiger charge is -2.41. The van der Waals surface area contributed by atoms with E-state index in [1.807, 2.05) is 64.3 Å². The van der Waals surface area contributed by atoms with Crippen molar-refractivity contribution in [3.05, 3.63) is 52.1 Å². The quantitative estimate of drug-likeness (QED) is 0.136. The molecule has 3 aliphatic heterocycles. The Kier molecular flexibility index (Phi) is 18.0. The molecular formula is C41H62ClN3O10S3. The molecule has 2 N–H and O–H groups in total. The normalized spacial score (nSPS) is 29.7. The van der Waals surface area contributed by atoms with Crippen LogP contribution in [-0.2, 0) is 44.5 Å². The number of aliphatic hydroxyl groups is 1. The first kappa shape index (κ1) is 49.9. The molecule has 17 heteroatoms.